The number of imidazole rings is 1. The second-order valence-electron chi connectivity index (χ2n) is 10.5. The van der Waals surface area contributed by atoms with Gasteiger partial charge in [0.1, 0.15) is 11.2 Å². The molecule has 38 heavy (non-hydrogen) atoms. The van der Waals surface area contributed by atoms with Crippen molar-refractivity contribution in [3.8, 4) is 16.9 Å². The highest BCUT2D eigenvalue weighted by molar-refractivity contribution is 6.08. The Morgan fingerprint density at radius 2 is 1.74 bits per heavy atom. The zero-order chi connectivity index (χ0) is 25.5. The van der Waals surface area contributed by atoms with Crippen molar-refractivity contribution in [3.05, 3.63) is 84.2 Å². The van der Waals surface area contributed by atoms with E-state index in [0.29, 0.717) is 0 Å². The van der Waals surface area contributed by atoms with E-state index in [9.17, 15) is 0 Å². The summed E-state index contributed by atoms with van der Waals surface area (Å²) in [6, 6.07) is 21.4. The van der Waals surface area contributed by atoms with E-state index in [1.165, 1.54) is 17.7 Å². The number of allylic oxidation sites excluding steroid dienone is 1. The standard InChI is InChI=1S/C31H32N6O/c32-31(14-4-15-31)23-8-10-24(11-9-23)37-29(27-7-1-2-16-33-27)35-28-13-12-26(34-30(28)37)22-5-3-6-25(21-22)36-17-19-38-20-18-36/h1,3,5-13,21H,2,4,14-20,32H2. The van der Waals surface area contributed by atoms with Crippen molar-refractivity contribution in [2.24, 2.45) is 10.7 Å². The summed E-state index contributed by atoms with van der Waals surface area (Å²) >= 11 is 0. The largest absolute Gasteiger partial charge is 0.378 e. The van der Waals surface area contributed by atoms with E-state index >= 15 is 0 Å². The van der Waals surface area contributed by atoms with Crippen molar-refractivity contribution in [1.82, 2.24) is 14.5 Å². The molecule has 7 rings (SSSR count). The summed E-state index contributed by atoms with van der Waals surface area (Å²) in [5.74, 6) is 0.821. The van der Waals surface area contributed by atoms with E-state index in [4.69, 9.17) is 25.4 Å². The van der Waals surface area contributed by atoms with Gasteiger partial charge in [-0.1, -0.05) is 30.3 Å². The molecule has 0 spiro atoms. The topological polar surface area (TPSA) is 81.6 Å². The summed E-state index contributed by atoms with van der Waals surface area (Å²) in [5, 5.41) is 0. The number of benzene rings is 2. The summed E-state index contributed by atoms with van der Waals surface area (Å²) in [4.78, 5) is 17.3. The number of dihydropyridines is 1. The maximum atomic E-state index is 6.61. The molecular formula is C31H32N6O. The number of aromatic nitrogens is 3. The van der Waals surface area contributed by atoms with Crippen LogP contribution >= 0.6 is 0 Å². The number of nitrogens with zero attached hydrogens (tertiary/aromatic N) is 5. The van der Waals surface area contributed by atoms with Gasteiger partial charge < -0.3 is 15.4 Å². The lowest BCUT2D eigenvalue weighted by molar-refractivity contribution is 0.122. The lowest BCUT2D eigenvalue weighted by Gasteiger charge is -2.38. The predicted octanol–water partition coefficient (Wildman–Crippen LogP) is 5.01. The summed E-state index contributed by atoms with van der Waals surface area (Å²) in [6.45, 7) is 4.11. The number of morpholine rings is 1. The zero-order valence-electron chi connectivity index (χ0n) is 21.5. The van der Waals surface area contributed by atoms with Gasteiger partial charge in [0.2, 0.25) is 0 Å². The van der Waals surface area contributed by atoms with E-state index in [1.807, 2.05) is 0 Å². The highest BCUT2D eigenvalue weighted by atomic mass is 16.5. The van der Waals surface area contributed by atoms with Crippen molar-refractivity contribution < 1.29 is 4.74 Å². The molecule has 0 atom stereocenters. The molecule has 3 aliphatic rings. The van der Waals surface area contributed by atoms with Gasteiger partial charge in [0.05, 0.1) is 18.9 Å². The Hall–Kier alpha value is -3.81. The van der Waals surface area contributed by atoms with Gasteiger partial charge in [-0.25, -0.2) is 9.97 Å². The Bertz CT molecular complexity index is 1540. The molecule has 4 aromatic rings. The maximum absolute atomic E-state index is 6.61. The molecule has 1 aliphatic carbocycles. The normalized spacial score (nSPS) is 18.9. The highest BCUT2D eigenvalue weighted by Gasteiger charge is 2.34. The SMILES string of the molecule is NC1(c2ccc(-n3c(C4=NCCC=C4)nc4ccc(-c5cccc(N6CCOCC6)c5)nc43)cc2)CCC1. The molecule has 2 N–H and O–H groups in total. The molecule has 2 fully saturated rings. The third-order valence-corrected chi connectivity index (χ3v) is 8.05. The first kappa shape index (κ1) is 23.3. The maximum Gasteiger partial charge on any atom is 0.165 e. The zero-order valence-corrected chi connectivity index (χ0v) is 21.5. The van der Waals surface area contributed by atoms with Crippen LogP contribution in [0.5, 0.6) is 0 Å². The summed E-state index contributed by atoms with van der Waals surface area (Å²) in [6.07, 6.45) is 8.48. The van der Waals surface area contributed by atoms with E-state index in [1.54, 1.807) is 0 Å². The fourth-order valence-electron chi connectivity index (χ4n) is 5.66. The second-order valence-corrected chi connectivity index (χ2v) is 10.5. The predicted molar refractivity (Wildman–Crippen MR) is 152 cm³/mol. The van der Waals surface area contributed by atoms with Gasteiger partial charge in [0.25, 0.3) is 0 Å². The number of hydrogen-bond donors (Lipinski definition) is 1. The van der Waals surface area contributed by atoms with E-state index in [0.717, 1.165) is 91.8 Å². The van der Waals surface area contributed by atoms with Crippen molar-refractivity contribution in [1.29, 1.82) is 0 Å². The van der Waals surface area contributed by atoms with Crippen LogP contribution in [0.1, 0.15) is 37.1 Å². The van der Waals surface area contributed by atoms with E-state index < -0.39 is 0 Å². The van der Waals surface area contributed by atoms with Gasteiger partial charge in [0.15, 0.2) is 11.5 Å². The lowest BCUT2D eigenvalue weighted by atomic mass is 9.73. The Kier molecular flexibility index (Phi) is 5.82. The smallest absolute Gasteiger partial charge is 0.165 e. The van der Waals surface area contributed by atoms with Gasteiger partial charge >= 0.3 is 0 Å². The third-order valence-electron chi connectivity index (χ3n) is 8.05. The molecule has 7 nitrogen and oxygen atoms in total. The van der Waals surface area contributed by atoms with Crippen LogP contribution in [0.2, 0.25) is 0 Å². The first-order valence-electron chi connectivity index (χ1n) is 13.6. The fourth-order valence-corrected chi connectivity index (χ4v) is 5.66. The van der Waals surface area contributed by atoms with Crippen LogP contribution in [-0.4, -0.2) is 53.1 Å². The quantitative estimate of drug-likeness (QED) is 0.413. The van der Waals surface area contributed by atoms with Gasteiger partial charge in [0, 0.05) is 42.1 Å². The Balaban J connectivity index is 1.33. The van der Waals surface area contributed by atoms with Crippen molar-refractivity contribution in [3.63, 3.8) is 0 Å². The molecule has 4 heterocycles. The average Bonchev–Trinajstić information content (AvgIpc) is 3.36. The first-order chi connectivity index (χ1) is 18.7. The van der Waals surface area contributed by atoms with Gasteiger partial charge in [-0.15, -0.1) is 0 Å². The van der Waals surface area contributed by atoms with Gasteiger partial charge in [-0.05, 0) is 73.7 Å². The molecule has 1 saturated heterocycles. The number of fused-ring (bicyclic) bond motifs is 1. The molecule has 7 heteroatoms. The van der Waals surface area contributed by atoms with Crippen molar-refractivity contribution in [2.45, 2.75) is 31.2 Å². The minimum Gasteiger partial charge on any atom is -0.378 e. The first-order valence-corrected chi connectivity index (χ1v) is 13.6. The Labute approximate surface area is 222 Å². The second kappa shape index (κ2) is 9.49. The molecule has 2 aromatic carbocycles. The van der Waals surface area contributed by atoms with Gasteiger partial charge in [-0.3, -0.25) is 9.56 Å². The van der Waals surface area contributed by atoms with Crippen LogP contribution in [0.3, 0.4) is 0 Å². The number of ether oxygens (including phenoxy) is 1. The number of pyridine rings is 1. The molecule has 0 bridgehead atoms. The molecule has 0 unspecified atom stereocenters. The summed E-state index contributed by atoms with van der Waals surface area (Å²) in [5.41, 5.74) is 14.4. The number of rotatable bonds is 5. The number of nitrogens with two attached hydrogens (primary N) is 1. The molecule has 2 aliphatic heterocycles. The molecular weight excluding hydrogens is 472 g/mol. The van der Waals surface area contributed by atoms with E-state index in [-0.39, 0.29) is 5.54 Å². The Morgan fingerprint density at radius 3 is 2.47 bits per heavy atom. The molecule has 2 aromatic heterocycles. The fraction of sp³-hybridized carbons (Fsp3) is 0.323. The minimum absolute atomic E-state index is 0.189. The van der Waals surface area contributed by atoms with Gasteiger partial charge in [-0.2, -0.15) is 0 Å². The lowest BCUT2D eigenvalue weighted by Crippen LogP contribution is -2.43. The summed E-state index contributed by atoms with van der Waals surface area (Å²) < 4.78 is 7.69. The molecule has 1 saturated carbocycles. The highest BCUT2D eigenvalue weighted by Crippen LogP contribution is 2.39. The molecule has 0 radical (unpaired) electrons. The van der Waals surface area contributed by atoms with Crippen LogP contribution in [0, 0.1) is 0 Å². The summed E-state index contributed by atoms with van der Waals surface area (Å²) in [7, 11) is 0. The van der Waals surface area contributed by atoms with Crippen LogP contribution in [0.15, 0.2) is 77.8 Å². The van der Waals surface area contributed by atoms with E-state index in [2.05, 4.69) is 82.3 Å². The minimum atomic E-state index is -0.189. The average molecular weight is 505 g/mol. The van der Waals surface area contributed by atoms with Crippen LogP contribution in [0.25, 0.3) is 28.1 Å². The number of anilines is 1. The third kappa shape index (κ3) is 4.12. The molecule has 0 amide bonds. The number of aliphatic imine (C=N–C) groups is 1. The van der Waals surface area contributed by atoms with Crippen LogP contribution in [-0.2, 0) is 10.3 Å². The van der Waals surface area contributed by atoms with Crippen molar-refractivity contribution in [2.75, 3.05) is 37.7 Å². The molecule has 192 valence electrons. The van der Waals surface area contributed by atoms with Crippen LogP contribution < -0.4 is 10.6 Å². The van der Waals surface area contributed by atoms with Crippen LogP contribution in [0.4, 0.5) is 5.69 Å². The monoisotopic (exact) mass is 504 g/mol. The van der Waals surface area contributed by atoms with Crippen molar-refractivity contribution >= 4 is 22.6 Å². The Morgan fingerprint density at radius 1 is 0.895 bits per heavy atom. The number of hydrogen-bond acceptors (Lipinski definition) is 6.